The number of aromatic nitrogens is 6. The minimum atomic E-state index is 0.855. The van der Waals surface area contributed by atoms with Crippen LogP contribution in [0.1, 0.15) is 12.8 Å². The van der Waals surface area contributed by atoms with E-state index < -0.39 is 0 Å². The van der Waals surface area contributed by atoms with Crippen LogP contribution in [0.15, 0.2) is 279 Å². The van der Waals surface area contributed by atoms with Crippen LogP contribution in [-0.2, 0) is 0 Å². The summed E-state index contributed by atoms with van der Waals surface area (Å²) < 4.78 is 14.9. The van der Waals surface area contributed by atoms with Crippen LogP contribution in [0.25, 0.3) is 165 Å². The summed E-state index contributed by atoms with van der Waals surface area (Å²) in [6.45, 7) is 0. The van der Waals surface area contributed by atoms with E-state index in [1.807, 2.05) is 0 Å². The largest absolute Gasteiger partial charge is 0.313 e. The molecule has 0 amide bonds. The van der Waals surface area contributed by atoms with Crippen LogP contribution in [0.3, 0.4) is 0 Å². The number of fused-ring (bicyclic) bond motifs is 18. The molecule has 0 fully saturated rings. The van der Waals surface area contributed by atoms with E-state index in [0.29, 0.717) is 0 Å². The first-order valence-corrected chi connectivity index (χ1v) is 29.2. The van der Waals surface area contributed by atoms with Crippen molar-refractivity contribution < 1.29 is 0 Å². The van der Waals surface area contributed by atoms with Crippen molar-refractivity contribution in [2.24, 2.45) is 0 Å². The molecule has 392 valence electrons. The van der Waals surface area contributed by atoms with Crippen molar-refractivity contribution in [1.29, 1.82) is 0 Å². The Bertz CT molecular complexity index is 5020. The minimum Gasteiger partial charge on any atom is -0.313 e. The first-order valence-electron chi connectivity index (χ1n) is 29.2. The van der Waals surface area contributed by atoms with Crippen LogP contribution < -0.4 is 0 Å². The fourth-order valence-electron chi connectivity index (χ4n) is 15.0. The van der Waals surface area contributed by atoms with Gasteiger partial charge in [0.25, 0.3) is 0 Å². The molecule has 1 aliphatic carbocycles. The zero-order valence-corrected chi connectivity index (χ0v) is 45.7. The van der Waals surface area contributed by atoms with E-state index >= 15 is 0 Å². The van der Waals surface area contributed by atoms with Crippen LogP contribution in [0.4, 0.5) is 0 Å². The molecule has 6 heteroatoms. The van der Waals surface area contributed by atoms with Crippen molar-refractivity contribution in [2.45, 2.75) is 12.8 Å². The summed E-state index contributed by atoms with van der Waals surface area (Å²) in [4.78, 5) is 0. The van der Waals surface area contributed by atoms with Gasteiger partial charge >= 0.3 is 0 Å². The molecule has 0 N–H and O–H groups in total. The minimum absolute atomic E-state index is 0.855. The van der Waals surface area contributed by atoms with Gasteiger partial charge in [-0.2, -0.15) is 0 Å². The summed E-state index contributed by atoms with van der Waals surface area (Å²) in [6.07, 6.45) is 6.51. The zero-order valence-electron chi connectivity index (χ0n) is 45.7. The van der Waals surface area contributed by atoms with Crippen LogP contribution >= 0.6 is 0 Å². The standard InChI is InChI=1S/C78H50N6/c1-9-25-67-55(17-1)56-18-2-10-26-68(56)81(67)51-37-41-75-63(45-51)64-46-52(82-69-27-11-3-19-57(69)58-20-4-12-28-70(58)82)38-42-76(64)79(75)49-33-35-50(36-34-49)80-77-43-39-53(83-71-29-13-5-21-59(71)60-22-6-14-30-72(60)83)47-65(77)66-48-54(40-44-78(66)80)84-73-31-15-7-23-61(73)62-24-8-16-32-74(62)84/h1-33,35,37-48H,34,36H2. The highest BCUT2D eigenvalue weighted by molar-refractivity contribution is 6.17. The van der Waals surface area contributed by atoms with Crippen molar-refractivity contribution in [1.82, 2.24) is 27.4 Å². The Balaban J connectivity index is 0.820. The van der Waals surface area contributed by atoms with Gasteiger partial charge in [-0.25, -0.2) is 0 Å². The number of benzene rings is 12. The predicted molar refractivity (Wildman–Crippen MR) is 354 cm³/mol. The first-order chi connectivity index (χ1) is 41.7. The van der Waals surface area contributed by atoms with Gasteiger partial charge < -0.3 is 27.4 Å². The van der Waals surface area contributed by atoms with Gasteiger partial charge in [0.1, 0.15) is 0 Å². The summed E-state index contributed by atoms with van der Waals surface area (Å²) in [5, 5.41) is 15.0. The van der Waals surface area contributed by atoms with E-state index in [-0.39, 0.29) is 0 Å². The molecule has 0 aliphatic heterocycles. The Labute approximate surface area is 481 Å². The van der Waals surface area contributed by atoms with Crippen molar-refractivity contribution in [3.05, 3.63) is 279 Å². The van der Waals surface area contributed by atoms with Crippen LogP contribution in [0, 0.1) is 0 Å². The third kappa shape index (κ3) is 6.28. The van der Waals surface area contributed by atoms with Crippen LogP contribution in [0.2, 0.25) is 0 Å². The molecular weight excluding hydrogens is 1020 g/mol. The highest BCUT2D eigenvalue weighted by Gasteiger charge is 2.24. The maximum Gasteiger partial charge on any atom is 0.0541 e. The SMILES string of the molecule is C1=C(n2c3ccc(-n4c5ccccc5c5ccccc54)cc3c3cc(-n4c5ccccc5c5ccccc54)ccc32)CCC(n2c3ccc(-n4c5ccccc5c5ccccc54)cc3c3cc(-n4c5ccccc5c5ccccc54)ccc32)=C1. The second-order valence-electron chi connectivity index (χ2n) is 22.8. The molecule has 1 aliphatic rings. The maximum atomic E-state index is 2.55. The molecule has 0 radical (unpaired) electrons. The molecule has 0 atom stereocenters. The van der Waals surface area contributed by atoms with E-state index in [4.69, 9.17) is 0 Å². The fourth-order valence-corrected chi connectivity index (χ4v) is 15.0. The maximum absolute atomic E-state index is 2.55. The molecule has 6 aromatic heterocycles. The number of hydrogen-bond donors (Lipinski definition) is 0. The fraction of sp³-hybridized carbons (Fsp3) is 0.0256. The summed E-state index contributed by atoms with van der Waals surface area (Å²) >= 11 is 0. The molecule has 0 saturated carbocycles. The third-order valence-electron chi connectivity index (χ3n) is 18.5. The lowest BCUT2D eigenvalue weighted by molar-refractivity contribution is 0.945. The lowest BCUT2D eigenvalue weighted by Gasteiger charge is -2.20. The molecule has 12 aromatic carbocycles. The lowest BCUT2D eigenvalue weighted by atomic mass is 10.1. The second kappa shape index (κ2) is 17.2. The van der Waals surface area contributed by atoms with Gasteiger partial charge in [0, 0.05) is 98.8 Å². The molecule has 0 saturated heterocycles. The molecule has 0 unspecified atom stereocenters. The van der Waals surface area contributed by atoms with E-state index in [9.17, 15) is 0 Å². The summed E-state index contributed by atoms with van der Waals surface area (Å²) in [7, 11) is 0. The highest BCUT2D eigenvalue weighted by Crippen LogP contribution is 2.44. The van der Waals surface area contributed by atoms with E-state index in [1.54, 1.807) is 0 Å². The van der Waals surface area contributed by atoms with Crippen molar-refractivity contribution in [3.63, 3.8) is 0 Å². The number of para-hydroxylation sites is 8. The molecule has 0 spiro atoms. The Morgan fingerprint density at radius 2 is 0.345 bits per heavy atom. The Morgan fingerprint density at radius 3 is 0.536 bits per heavy atom. The van der Waals surface area contributed by atoms with Crippen molar-refractivity contribution in [2.75, 3.05) is 0 Å². The van der Waals surface area contributed by atoms with Gasteiger partial charge in [-0.05, 0) is 146 Å². The highest BCUT2D eigenvalue weighted by atomic mass is 15.0. The first kappa shape index (κ1) is 45.6. The number of allylic oxidation sites excluding steroid dienone is 4. The molecule has 0 bridgehead atoms. The number of rotatable bonds is 6. The summed E-state index contributed by atoms with van der Waals surface area (Å²) in [5.41, 5.74) is 21.6. The second-order valence-corrected chi connectivity index (χ2v) is 22.8. The van der Waals surface area contributed by atoms with Crippen LogP contribution in [-0.4, -0.2) is 27.4 Å². The van der Waals surface area contributed by atoms with E-state index in [1.165, 1.54) is 142 Å². The quantitative estimate of drug-likeness (QED) is 0.159. The topological polar surface area (TPSA) is 29.6 Å². The van der Waals surface area contributed by atoms with Gasteiger partial charge in [0.15, 0.2) is 0 Å². The van der Waals surface area contributed by atoms with E-state index in [2.05, 4.69) is 306 Å². The monoisotopic (exact) mass is 1070 g/mol. The smallest absolute Gasteiger partial charge is 0.0541 e. The van der Waals surface area contributed by atoms with Gasteiger partial charge in [-0.1, -0.05) is 146 Å². The van der Waals surface area contributed by atoms with Gasteiger partial charge in [0.2, 0.25) is 0 Å². The normalized spacial score (nSPS) is 13.3. The van der Waals surface area contributed by atoms with Crippen LogP contribution in [0.5, 0.6) is 0 Å². The van der Waals surface area contributed by atoms with Crippen molar-refractivity contribution in [3.8, 4) is 22.7 Å². The molecule has 6 nitrogen and oxygen atoms in total. The van der Waals surface area contributed by atoms with Gasteiger partial charge in [0.05, 0.1) is 66.2 Å². The Kier molecular flexibility index (Phi) is 9.36. The van der Waals surface area contributed by atoms with Crippen molar-refractivity contribution >= 4 is 142 Å². The van der Waals surface area contributed by atoms with Gasteiger partial charge in [-0.15, -0.1) is 0 Å². The van der Waals surface area contributed by atoms with E-state index in [0.717, 1.165) is 35.6 Å². The Hall–Kier alpha value is -11.1. The zero-order chi connectivity index (χ0) is 54.7. The molecule has 18 aromatic rings. The Morgan fingerprint density at radius 1 is 0.167 bits per heavy atom. The average molecular weight is 1070 g/mol. The summed E-state index contributed by atoms with van der Waals surface area (Å²) in [5.74, 6) is 0. The number of hydrogen-bond acceptors (Lipinski definition) is 0. The predicted octanol–water partition coefficient (Wildman–Crippen LogP) is 20.5. The van der Waals surface area contributed by atoms with Gasteiger partial charge in [-0.3, -0.25) is 0 Å². The molecule has 6 heterocycles. The molecular formula is C78H50N6. The molecule has 19 rings (SSSR count). The lowest BCUT2D eigenvalue weighted by Crippen LogP contribution is -2.05. The third-order valence-corrected chi connectivity index (χ3v) is 18.5. The number of nitrogens with zero attached hydrogens (tertiary/aromatic N) is 6. The average Bonchev–Trinajstić information content (AvgIpc) is 4.35. The summed E-state index contributed by atoms with van der Waals surface area (Å²) in [6, 6.07) is 99.1. The molecule has 84 heavy (non-hydrogen) atoms.